The highest BCUT2D eigenvalue weighted by Crippen LogP contribution is 2.23. The summed E-state index contributed by atoms with van der Waals surface area (Å²) >= 11 is 0. The molecule has 138 valence electrons. The van der Waals surface area contributed by atoms with Gasteiger partial charge in [0.05, 0.1) is 5.69 Å². The second-order valence-electron chi connectivity index (χ2n) is 6.25. The normalized spacial score (nSPS) is 11.4. The fourth-order valence-electron chi connectivity index (χ4n) is 2.96. The quantitative estimate of drug-likeness (QED) is 0.364. The van der Waals surface area contributed by atoms with Crippen LogP contribution < -0.4 is 5.32 Å². The first kappa shape index (κ1) is 19.4. The standard InChI is InChI=1S/C25H20N2.ClH/c1-3-11-23(12-4-1)26-18-17-25(27-24-13-5-2-6-14-24)22-16-15-20-9-7-8-10-21(20)19-22;/h1-19,27H;1H/b25-17-,26-18?;. The molecular weight excluding hydrogens is 364 g/mol. The lowest BCUT2D eigenvalue weighted by Crippen LogP contribution is -1.99. The van der Waals surface area contributed by atoms with Crippen LogP contribution in [0.15, 0.2) is 114 Å². The molecule has 0 saturated heterocycles. The lowest BCUT2D eigenvalue weighted by Gasteiger charge is -2.12. The molecule has 4 aromatic carbocycles. The van der Waals surface area contributed by atoms with Crippen molar-refractivity contribution in [1.29, 1.82) is 0 Å². The second kappa shape index (κ2) is 9.54. The average molecular weight is 385 g/mol. The van der Waals surface area contributed by atoms with Gasteiger partial charge < -0.3 is 5.32 Å². The third-order valence-corrected chi connectivity index (χ3v) is 4.33. The predicted molar refractivity (Wildman–Crippen MR) is 124 cm³/mol. The highest BCUT2D eigenvalue weighted by Gasteiger charge is 2.03. The Bertz CT molecular complexity index is 1090. The molecule has 2 nitrogen and oxygen atoms in total. The second-order valence-corrected chi connectivity index (χ2v) is 6.25. The van der Waals surface area contributed by atoms with E-state index in [1.165, 1.54) is 10.8 Å². The summed E-state index contributed by atoms with van der Waals surface area (Å²) in [6.07, 6.45) is 3.86. The van der Waals surface area contributed by atoms with Gasteiger partial charge in [-0.25, -0.2) is 0 Å². The third kappa shape index (κ3) is 4.87. The molecule has 0 bridgehead atoms. The molecule has 0 aliphatic rings. The predicted octanol–water partition coefficient (Wildman–Crippen LogP) is 7.12. The maximum absolute atomic E-state index is 4.53. The molecular formula is C25H21ClN2. The maximum Gasteiger partial charge on any atom is 0.0629 e. The zero-order valence-electron chi connectivity index (χ0n) is 15.3. The Hall–Kier alpha value is -3.36. The summed E-state index contributed by atoms with van der Waals surface area (Å²) in [4.78, 5) is 4.53. The number of nitrogens with zero attached hydrogens (tertiary/aromatic N) is 1. The lowest BCUT2D eigenvalue weighted by molar-refractivity contribution is 1.53. The van der Waals surface area contributed by atoms with Gasteiger partial charge in [-0.2, -0.15) is 0 Å². The van der Waals surface area contributed by atoms with E-state index in [0.29, 0.717) is 0 Å². The van der Waals surface area contributed by atoms with Gasteiger partial charge in [0.15, 0.2) is 0 Å². The number of benzene rings is 4. The van der Waals surface area contributed by atoms with Crippen molar-refractivity contribution < 1.29 is 0 Å². The zero-order chi connectivity index (χ0) is 18.3. The first-order valence-corrected chi connectivity index (χ1v) is 8.99. The summed E-state index contributed by atoms with van der Waals surface area (Å²) < 4.78 is 0. The van der Waals surface area contributed by atoms with Crippen LogP contribution in [0.2, 0.25) is 0 Å². The van der Waals surface area contributed by atoms with E-state index in [1.54, 1.807) is 0 Å². The van der Waals surface area contributed by atoms with Crippen LogP contribution in [0.4, 0.5) is 11.4 Å². The van der Waals surface area contributed by atoms with Gasteiger partial charge in [-0.05, 0) is 52.7 Å². The van der Waals surface area contributed by atoms with E-state index in [2.05, 4.69) is 64.9 Å². The number of halogens is 1. The van der Waals surface area contributed by atoms with Gasteiger partial charge in [0.2, 0.25) is 0 Å². The number of fused-ring (bicyclic) bond motifs is 1. The molecule has 0 amide bonds. The number of hydrogen-bond acceptors (Lipinski definition) is 2. The van der Waals surface area contributed by atoms with Crippen molar-refractivity contribution in [3.63, 3.8) is 0 Å². The Balaban J connectivity index is 0.00000225. The van der Waals surface area contributed by atoms with Crippen molar-refractivity contribution in [2.24, 2.45) is 4.99 Å². The Morgan fingerprint density at radius 3 is 2.07 bits per heavy atom. The summed E-state index contributed by atoms with van der Waals surface area (Å²) in [7, 11) is 0. The molecule has 0 aliphatic heterocycles. The van der Waals surface area contributed by atoms with Crippen molar-refractivity contribution >= 4 is 46.5 Å². The Morgan fingerprint density at radius 1 is 0.679 bits per heavy atom. The Morgan fingerprint density at radius 2 is 1.32 bits per heavy atom. The number of hydrogen-bond donors (Lipinski definition) is 1. The molecule has 0 radical (unpaired) electrons. The summed E-state index contributed by atoms with van der Waals surface area (Å²) in [6, 6.07) is 35.0. The van der Waals surface area contributed by atoms with Crippen LogP contribution in [0.1, 0.15) is 5.56 Å². The van der Waals surface area contributed by atoms with E-state index >= 15 is 0 Å². The maximum atomic E-state index is 4.53. The Labute approximate surface area is 171 Å². The molecule has 0 heterocycles. The van der Waals surface area contributed by atoms with Crippen molar-refractivity contribution in [3.8, 4) is 0 Å². The van der Waals surface area contributed by atoms with E-state index in [0.717, 1.165) is 22.6 Å². The third-order valence-electron chi connectivity index (χ3n) is 4.33. The minimum atomic E-state index is 0. The highest BCUT2D eigenvalue weighted by atomic mass is 35.5. The topological polar surface area (TPSA) is 24.4 Å². The monoisotopic (exact) mass is 384 g/mol. The van der Waals surface area contributed by atoms with Crippen LogP contribution in [0, 0.1) is 0 Å². The summed E-state index contributed by atoms with van der Waals surface area (Å²) in [5.41, 5.74) is 4.11. The molecule has 3 heteroatoms. The van der Waals surface area contributed by atoms with Gasteiger partial charge in [0.1, 0.15) is 0 Å². The molecule has 0 unspecified atom stereocenters. The van der Waals surface area contributed by atoms with E-state index in [4.69, 9.17) is 0 Å². The number of anilines is 1. The Kier molecular flexibility index (Phi) is 6.61. The van der Waals surface area contributed by atoms with Crippen LogP contribution in [-0.4, -0.2) is 6.21 Å². The zero-order valence-corrected chi connectivity index (χ0v) is 16.1. The molecule has 0 aliphatic carbocycles. The van der Waals surface area contributed by atoms with Gasteiger partial charge in [-0.15, -0.1) is 12.4 Å². The fraction of sp³-hybridized carbons (Fsp3) is 0. The summed E-state index contributed by atoms with van der Waals surface area (Å²) in [5, 5.41) is 5.97. The van der Waals surface area contributed by atoms with Gasteiger partial charge >= 0.3 is 0 Å². The van der Waals surface area contributed by atoms with E-state index in [9.17, 15) is 0 Å². The lowest BCUT2D eigenvalue weighted by atomic mass is 10.0. The van der Waals surface area contributed by atoms with Gasteiger partial charge in [0, 0.05) is 17.6 Å². The van der Waals surface area contributed by atoms with Crippen molar-refractivity contribution in [2.75, 3.05) is 5.32 Å². The molecule has 4 aromatic rings. The van der Waals surface area contributed by atoms with Gasteiger partial charge in [0.25, 0.3) is 0 Å². The number of rotatable bonds is 5. The molecule has 0 aromatic heterocycles. The van der Waals surface area contributed by atoms with E-state index < -0.39 is 0 Å². The van der Waals surface area contributed by atoms with Gasteiger partial charge in [-0.3, -0.25) is 4.99 Å². The van der Waals surface area contributed by atoms with Crippen LogP contribution in [0.25, 0.3) is 16.5 Å². The number of para-hydroxylation sites is 2. The van der Waals surface area contributed by atoms with Crippen LogP contribution in [-0.2, 0) is 0 Å². The molecule has 0 fully saturated rings. The summed E-state index contributed by atoms with van der Waals surface area (Å²) in [6.45, 7) is 0. The van der Waals surface area contributed by atoms with Crippen molar-refractivity contribution in [3.05, 3.63) is 115 Å². The molecule has 0 saturated carbocycles. The molecule has 1 N–H and O–H groups in total. The first-order valence-electron chi connectivity index (χ1n) is 8.99. The first-order chi connectivity index (χ1) is 13.4. The number of aliphatic imine (C=N–C) groups is 1. The molecule has 28 heavy (non-hydrogen) atoms. The highest BCUT2D eigenvalue weighted by molar-refractivity contribution is 5.93. The van der Waals surface area contributed by atoms with Gasteiger partial charge in [-0.1, -0.05) is 72.8 Å². The summed E-state index contributed by atoms with van der Waals surface area (Å²) in [5.74, 6) is 0. The fourth-order valence-corrected chi connectivity index (χ4v) is 2.96. The van der Waals surface area contributed by atoms with Crippen molar-refractivity contribution in [2.45, 2.75) is 0 Å². The molecule has 0 atom stereocenters. The van der Waals surface area contributed by atoms with E-state index in [-0.39, 0.29) is 12.4 Å². The average Bonchev–Trinajstić information content (AvgIpc) is 2.74. The van der Waals surface area contributed by atoms with E-state index in [1.807, 2.05) is 60.8 Å². The minimum absolute atomic E-state index is 0. The van der Waals surface area contributed by atoms with Crippen LogP contribution >= 0.6 is 12.4 Å². The largest absolute Gasteiger partial charge is 0.355 e. The minimum Gasteiger partial charge on any atom is -0.355 e. The molecule has 4 rings (SSSR count). The number of allylic oxidation sites excluding steroid dienone is 1. The molecule has 0 spiro atoms. The smallest absolute Gasteiger partial charge is 0.0629 e. The van der Waals surface area contributed by atoms with Crippen LogP contribution in [0.5, 0.6) is 0 Å². The van der Waals surface area contributed by atoms with Crippen LogP contribution in [0.3, 0.4) is 0 Å². The SMILES string of the molecule is C(/C=C(\Nc1ccccc1)c1ccc2ccccc2c1)=Nc1ccccc1.Cl. The number of nitrogens with one attached hydrogen (secondary N) is 1. The van der Waals surface area contributed by atoms with Crippen molar-refractivity contribution in [1.82, 2.24) is 0 Å².